The number of rotatable bonds is 6. The number of hydrogen-bond acceptors (Lipinski definition) is 6. The van der Waals surface area contributed by atoms with Gasteiger partial charge in [0.1, 0.15) is 34.0 Å². The molecule has 0 saturated heterocycles. The van der Waals surface area contributed by atoms with Gasteiger partial charge in [0.05, 0.1) is 23.8 Å². The summed E-state index contributed by atoms with van der Waals surface area (Å²) < 4.78 is 57.5. The van der Waals surface area contributed by atoms with Gasteiger partial charge in [-0.1, -0.05) is 6.07 Å². The summed E-state index contributed by atoms with van der Waals surface area (Å²) in [6.45, 7) is -1.83. The molecule has 0 spiro atoms. The SMILES string of the molecule is O=c1ccc(-c2nc(C(O)(CO)CO)sc2-c2ccc(F)cc2F)cn1-c1c(F)cccc1F. The molecular formula is C23H16F4N2O4S. The molecule has 11 heteroatoms. The van der Waals surface area contributed by atoms with E-state index in [0.29, 0.717) is 22.0 Å². The van der Waals surface area contributed by atoms with Gasteiger partial charge < -0.3 is 15.3 Å². The molecule has 0 aliphatic heterocycles. The quantitative estimate of drug-likeness (QED) is 0.359. The minimum Gasteiger partial charge on any atom is -0.393 e. The van der Waals surface area contributed by atoms with Gasteiger partial charge in [-0.25, -0.2) is 22.5 Å². The minimum atomic E-state index is -2.18. The van der Waals surface area contributed by atoms with Gasteiger partial charge in [0.2, 0.25) is 0 Å². The fourth-order valence-electron chi connectivity index (χ4n) is 3.28. The number of aliphatic hydroxyl groups is 3. The predicted molar refractivity (Wildman–Crippen MR) is 116 cm³/mol. The number of aromatic nitrogens is 2. The molecule has 0 saturated carbocycles. The first kappa shape index (κ1) is 23.8. The lowest BCUT2D eigenvalue weighted by Gasteiger charge is -2.19. The highest BCUT2D eigenvalue weighted by atomic mass is 32.1. The van der Waals surface area contributed by atoms with Crippen LogP contribution >= 0.6 is 11.3 Å². The third-order valence-corrected chi connectivity index (χ3v) is 6.37. The van der Waals surface area contributed by atoms with Crippen molar-refractivity contribution in [2.75, 3.05) is 13.2 Å². The van der Waals surface area contributed by atoms with E-state index in [2.05, 4.69) is 4.98 Å². The van der Waals surface area contributed by atoms with E-state index >= 15 is 0 Å². The summed E-state index contributed by atoms with van der Waals surface area (Å²) in [6.07, 6.45) is 1.09. The Hall–Kier alpha value is -3.38. The first-order valence-electron chi connectivity index (χ1n) is 9.77. The van der Waals surface area contributed by atoms with Crippen LogP contribution in [-0.4, -0.2) is 38.1 Å². The summed E-state index contributed by atoms with van der Waals surface area (Å²) in [4.78, 5) is 16.7. The van der Waals surface area contributed by atoms with E-state index in [0.717, 1.165) is 42.6 Å². The van der Waals surface area contributed by atoms with Crippen LogP contribution in [0.4, 0.5) is 17.6 Å². The van der Waals surface area contributed by atoms with E-state index in [9.17, 15) is 37.7 Å². The molecule has 0 fully saturated rings. The number of para-hydroxylation sites is 1. The van der Waals surface area contributed by atoms with Crippen molar-refractivity contribution in [1.82, 2.24) is 9.55 Å². The van der Waals surface area contributed by atoms with Crippen molar-refractivity contribution < 1.29 is 32.9 Å². The standard InChI is InChI=1S/C23H16F4N2O4S/c24-13-5-6-14(17(27)8-13)21-19(28-22(34-21)23(33,10-30)11-31)12-4-7-18(32)29(9-12)20-15(25)2-1-3-16(20)26/h1-9,30-31,33H,10-11H2. The van der Waals surface area contributed by atoms with Gasteiger partial charge in [-0.2, -0.15) is 0 Å². The summed E-state index contributed by atoms with van der Waals surface area (Å²) in [5, 5.41) is 29.5. The zero-order valence-corrected chi connectivity index (χ0v) is 18.0. The molecule has 0 aliphatic carbocycles. The van der Waals surface area contributed by atoms with Crippen molar-refractivity contribution in [2.45, 2.75) is 5.60 Å². The Morgan fingerprint density at radius 2 is 1.62 bits per heavy atom. The number of halogens is 4. The molecule has 2 aromatic heterocycles. The van der Waals surface area contributed by atoms with Crippen molar-refractivity contribution in [2.24, 2.45) is 0 Å². The molecule has 2 aromatic carbocycles. The van der Waals surface area contributed by atoms with Gasteiger partial charge in [-0.15, -0.1) is 11.3 Å². The number of benzene rings is 2. The molecule has 6 nitrogen and oxygen atoms in total. The third kappa shape index (κ3) is 4.14. The number of nitrogens with zero attached hydrogens (tertiary/aromatic N) is 2. The number of pyridine rings is 1. The second-order valence-corrected chi connectivity index (χ2v) is 8.36. The topological polar surface area (TPSA) is 95.6 Å². The van der Waals surface area contributed by atoms with Crippen LogP contribution in [0.25, 0.3) is 27.4 Å². The maximum atomic E-state index is 14.6. The van der Waals surface area contributed by atoms with Gasteiger partial charge >= 0.3 is 0 Å². The van der Waals surface area contributed by atoms with Crippen LogP contribution in [0, 0.1) is 23.3 Å². The van der Waals surface area contributed by atoms with Gasteiger partial charge in [0.25, 0.3) is 5.56 Å². The molecular weight excluding hydrogens is 476 g/mol. The third-order valence-electron chi connectivity index (χ3n) is 5.09. The van der Waals surface area contributed by atoms with Crippen molar-refractivity contribution in [3.8, 4) is 27.4 Å². The monoisotopic (exact) mass is 492 g/mol. The van der Waals surface area contributed by atoms with Crippen molar-refractivity contribution >= 4 is 11.3 Å². The Balaban J connectivity index is 1.99. The van der Waals surface area contributed by atoms with E-state index in [1.807, 2.05) is 0 Å². The van der Waals surface area contributed by atoms with Crippen molar-refractivity contribution in [3.05, 3.63) is 93.4 Å². The predicted octanol–water partition coefficient (Wildman–Crippen LogP) is 3.36. The first-order valence-corrected chi connectivity index (χ1v) is 10.6. The highest BCUT2D eigenvalue weighted by Gasteiger charge is 2.34. The lowest BCUT2D eigenvalue weighted by atomic mass is 10.1. The zero-order chi connectivity index (χ0) is 24.6. The summed E-state index contributed by atoms with van der Waals surface area (Å²) in [5.74, 6) is -3.80. The molecule has 0 atom stereocenters. The Morgan fingerprint density at radius 1 is 0.941 bits per heavy atom. The molecule has 0 radical (unpaired) electrons. The fourth-order valence-corrected chi connectivity index (χ4v) is 4.46. The van der Waals surface area contributed by atoms with Crippen LogP contribution < -0.4 is 5.56 Å². The van der Waals surface area contributed by atoms with Gasteiger partial charge in [0.15, 0.2) is 5.60 Å². The van der Waals surface area contributed by atoms with Gasteiger partial charge in [-0.3, -0.25) is 9.36 Å². The van der Waals surface area contributed by atoms with Crippen molar-refractivity contribution in [1.29, 1.82) is 0 Å². The van der Waals surface area contributed by atoms with Gasteiger partial charge in [-0.05, 0) is 30.3 Å². The van der Waals surface area contributed by atoms with E-state index in [4.69, 9.17) is 0 Å². The van der Waals surface area contributed by atoms with Crippen LogP contribution in [0.5, 0.6) is 0 Å². The van der Waals surface area contributed by atoms with E-state index in [1.54, 1.807) is 0 Å². The van der Waals surface area contributed by atoms with Crippen LogP contribution in [0.3, 0.4) is 0 Å². The lowest BCUT2D eigenvalue weighted by molar-refractivity contribution is -0.0598. The van der Waals surface area contributed by atoms with Crippen LogP contribution in [0.2, 0.25) is 0 Å². The molecule has 4 rings (SSSR count). The van der Waals surface area contributed by atoms with Crippen LogP contribution in [0.15, 0.2) is 59.5 Å². The average Bonchev–Trinajstić information content (AvgIpc) is 3.25. The molecule has 3 N–H and O–H groups in total. The highest BCUT2D eigenvalue weighted by Crippen LogP contribution is 2.41. The Kier molecular flexibility index (Phi) is 6.36. The largest absolute Gasteiger partial charge is 0.393 e. The number of thiazole rings is 1. The molecule has 34 heavy (non-hydrogen) atoms. The summed E-state index contributed by atoms with van der Waals surface area (Å²) >= 11 is 0.717. The summed E-state index contributed by atoms with van der Waals surface area (Å²) in [5.41, 5.74) is -3.63. The van der Waals surface area contributed by atoms with Crippen LogP contribution in [-0.2, 0) is 5.60 Å². The smallest absolute Gasteiger partial charge is 0.255 e. The normalized spacial score (nSPS) is 11.7. The molecule has 2 heterocycles. The number of aliphatic hydroxyl groups excluding tert-OH is 2. The van der Waals surface area contributed by atoms with Gasteiger partial charge in [0, 0.05) is 29.5 Å². The fraction of sp³-hybridized carbons (Fsp3) is 0.130. The highest BCUT2D eigenvalue weighted by molar-refractivity contribution is 7.15. The zero-order valence-electron chi connectivity index (χ0n) is 17.2. The summed E-state index contributed by atoms with van der Waals surface area (Å²) in [6, 6.07) is 8.15. The Labute approximate surface area is 193 Å². The molecule has 0 bridgehead atoms. The van der Waals surface area contributed by atoms with E-state index < -0.39 is 53.3 Å². The average molecular weight is 492 g/mol. The molecule has 0 amide bonds. The summed E-state index contributed by atoms with van der Waals surface area (Å²) in [7, 11) is 0. The molecule has 0 aliphatic rings. The Morgan fingerprint density at radius 3 is 2.24 bits per heavy atom. The first-order chi connectivity index (χ1) is 16.2. The lowest BCUT2D eigenvalue weighted by Crippen LogP contribution is -2.34. The maximum Gasteiger partial charge on any atom is 0.255 e. The van der Waals surface area contributed by atoms with E-state index in [1.165, 1.54) is 6.07 Å². The van der Waals surface area contributed by atoms with E-state index in [-0.39, 0.29) is 26.7 Å². The minimum absolute atomic E-state index is 0.0312. The molecule has 176 valence electrons. The molecule has 0 unspecified atom stereocenters. The van der Waals surface area contributed by atoms with Crippen molar-refractivity contribution in [3.63, 3.8) is 0 Å². The van der Waals surface area contributed by atoms with Crippen LogP contribution in [0.1, 0.15) is 5.01 Å². The second-order valence-electron chi connectivity index (χ2n) is 7.37. The molecule has 4 aromatic rings. The Bertz CT molecular complexity index is 1410. The second kappa shape index (κ2) is 9.11. The maximum absolute atomic E-state index is 14.6. The number of hydrogen-bond donors (Lipinski definition) is 3.